The van der Waals surface area contributed by atoms with Crippen molar-refractivity contribution in [3.8, 4) is 23.1 Å². The summed E-state index contributed by atoms with van der Waals surface area (Å²) in [7, 11) is 0. The number of aliphatic hydroxyl groups is 1. The minimum atomic E-state index is -0.652. The van der Waals surface area contributed by atoms with Crippen LogP contribution in [0, 0.1) is 17.7 Å². The molecule has 0 bridgehead atoms. The fourth-order valence-electron chi connectivity index (χ4n) is 3.03. The molecule has 32 heavy (non-hydrogen) atoms. The molecular weight excluding hydrogens is 409 g/mol. The van der Waals surface area contributed by atoms with Crippen molar-refractivity contribution in [2.24, 2.45) is 0 Å². The first-order valence-corrected chi connectivity index (χ1v) is 10.3. The quantitative estimate of drug-likeness (QED) is 0.390. The largest absolute Gasteiger partial charge is 0.396 e. The summed E-state index contributed by atoms with van der Waals surface area (Å²) in [4.78, 5) is 24.9. The van der Waals surface area contributed by atoms with Gasteiger partial charge in [0.15, 0.2) is 0 Å². The Morgan fingerprint density at radius 2 is 2.00 bits per heavy atom. The molecule has 3 aromatic rings. The lowest BCUT2D eigenvalue weighted by Crippen LogP contribution is -2.25. The van der Waals surface area contributed by atoms with E-state index in [1.54, 1.807) is 24.4 Å². The lowest BCUT2D eigenvalue weighted by molar-refractivity contribution is 0.0948. The van der Waals surface area contributed by atoms with Crippen LogP contribution < -0.4 is 11.1 Å². The number of rotatable bonds is 7. The number of nitrogens with one attached hydrogen (secondary N) is 1. The van der Waals surface area contributed by atoms with Crippen molar-refractivity contribution in [3.05, 3.63) is 71.1 Å². The zero-order valence-corrected chi connectivity index (χ0v) is 17.7. The van der Waals surface area contributed by atoms with E-state index in [-0.39, 0.29) is 12.2 Å². The summed E-state index contributed by atoms with van der Waals surface area (Å²) in [5.41, 5.74) is 8.55. The van der Waals surface area contributed by atoms with Gasteiger partial charge in [0.1, 0.15) is 18.0 Å². The number of anilines is 1. The summed E-state index contributed by atoms with van der Waals surface area (Å²) in [5, 5.41) is 11.5. The maximum absolute atomic E-state index is 14.8. The van der Waals surface area contributed by atoms with Gasteiger partial charge < -0.3 is 16.2 Å². The molecule has 3 rings (SSSR count). The Morgan fingerprint density at radius 1 is 1.16 bits per heavy atom. The number of carbonyl (C=O) groups excluding carboxylic acids is 1. The number of halogens is 1. The van der Waals surface area contributed by atoms with Gasteiger partial charge in [-0.15, -0.1) is 0 Å². The molecule has 7 nitrogen and oxygen atoms in total. The predicted octanol–water partition coefficient (Wildman–Crippen LogP) is 2.72. The molecule has 1 aromatic carbocycles. The lowest BCUT2D eigenvalue weighted by atomic mass is 10.0. The van der Waals surface area contributed by atoms with Crippen LogP contribution in [0.4, 0.5) is 10.2 Å². The summed E-state index contributed by atoms with van der Waals surface area (Å²) in [6.45, 7) is 2.37. The van der Waals surface area contributed by atoms with Crippen molar-refractivity contribution in [2.75, 3.05) is 18.9 Å². The van der Waals surface area contributed by atoms with E-state index in [1.807, 2.05) is 6.92 Å². The van der Waals surface area contributed by atoms with Crippen molar-refractivity contribution < 1.29 is 14.3 Å². The number of aryl methyl sites for hydroxylation is 1. The summed E-state index contributed by atoms with van der Waals surface area (Å²) >= 11 is 0. The molecule has 2 heterocycles. The van der Waals surface area contributed by atoms with E-state index in [0.717, 1.165) is 5.69 Å². The Bertz CT molecular complexity index is 1150. The smallest absolute Gasteiger partial charge is 0.254 e. The molecule has 4 N–H and O–H groups in total. The minimum absolute atomic E-state index is 0.0527. The van der Waals surface area contributed by atoms with E-state index in [2.05, 4.69) is 32.1 Å². The fourth-order valence-corrected chi connectivity index (χ4v) is 3.03. The molecule has 8 heteroatoms. The number of benzene rings is 1. The third kappa shape index (κ3) is 5.65. The minimum Gasteiger partial charge on any atom is -0.396 e. The molecule has 0 aliphatic rings. The van der Waals surface area contributed by atoms with Crippen molar-refractivity contribution in [1.82, 2.24) is 20.3 Å². The van der Waals surface area contributed by atoms with Gasteiger partial charge in [0.05, 0.1) is 22.5 Å². The average Bonchev–Trinajstić information content (AvgIpc) is 2.81. The van der Waals surface area contributed by atoms with Gasteiger partial charge in [-0.05, 0) is 43.5 Å². The fraction of sp³-hybridized carbons (Fsp3) is 0.250. The monoisotopic (exact) mass is 433 g/mol. The highest BCUT2D eigenvalue weighted by molar-refractivity contribution is 5.95. The number of carbonyl (C=O) groups is 1. The van der Waals surface area contributed by atoms with Gasteiger partial charge in [0.25, 0.3) is 5.91 Å². The Hall–Kier alpha value is -3.83. The number of nitrogens with zero attached hydrogens (tertiary/aromatic N) is 3. The van der Waals surface area contributed by atoms with Crippen molar-refractivity contribution in [1.29, 1.82) is 0 Å². The molecule has 0 aliphatic heterocycles. The highest BCUT2D eigenvalue weighted by Crippen LogP contribution is 2.25. The normalized spacial score (nSPS) is 10.3. The summed E-state index contributed by atoms with van der Waals surface area (Å²) < 4.78 is 14.8. The van der Waals surface area contributed by atoms with Gasteiger partial charge in [-0.25, -0.2) is 19.3 Å². The Balaban J connectivity index is 1.92. The number of hydrogen-bond donors (Lipinski definition) is 3. The van der Waals surface area contributed by atoms with Crippen LogP contribution >= 0.6 is 0 Å². The topological polar surface area (TPSA) is 114 Å². The molecule has 164 valence electrons. The second-order valence-electron chi connectivity index (χ2n) is 7.00. The van der Waals surface area contributed by atoms with Gasteiger partial charge >= 0.3 is 0 Å². The van der Waals surface area contributed by atoms with Crippen molar-refractivity contribution in [2.45, 2.75) is 26.2 Å². The Labute approximate surface area is 185 Å². The van der Waals surface area contributed by atoms with E-state index in [1.165, 1.54) is 18.5 Å². The maximum atomic E-state index is 14.8. The van der Waals surface area contributed by atoms with Crippen LogP contribution in [0.25, 0.3) is 11.3 Å². The standard InChI is InChI=1S/C24H24FN5O2/c1-2-21-19(8-5-16-6-10-22(26)28-14-16)23(30-15-29-21)17-7-9-18(20(25)13-17)24(32)27-11-3-4-12-31/h6-7,9-10,13-15,31H,2-4,11-12H2,1H3,(H2,26,28)(H,27,32). The Kier molecular flexibility index (Phi) is 7.84. The highest BCUT2D eigenvalue weighted by atomic mass is 19.1. The lowest BCUT2D eigenvalue weighted by Gasteiger charge is -2.10. The molecule has 0 spiro atoms. The third-order valence-electron chi connectivity index (χ3n) is 4.74. The molecule has 0 fully saturated rings. The second-order valence-corrected chi connectivity index (χ2v) is 7.00. The molecule has 2 aromatic heterocycles. The molecular formula is C24H24FN5O2. The summed E-state index contributed by atoms with van der Waals surface area (Å²) in [6.07, 6.45) is 4.81. The number of pyridine rings is 1. The first-order valence-electron chi connectivity index (χ1n) is 10.3. The first-order chi connectivity index (χ1) is 15.5. The number of aliphatic hydroxyl groups excluding tert-OH is 1. The van der Waals surface area contributed by atoms with E-state index in [0.29, 0.717) is 54.0 Å². The number of hydrogen-bond acceptors (Lipinski definition) is 6. The number of unbranched alkanes of at least 4 members (excludes halogenated alkanes) is 1. The number of nitrogen functional groups attached to an aromatic ring is 1. The highest BCUT2D eigenvalue weighted by Gasteiger charge is 2.16. The molecule has 0 unspecified atom stereocenters. The van der Waals surface area contributed by atoms with Crippen LogP contribution in [0.5, 0.6) is 0 Å². The zero-order valence-electron chi connectivity index (χ0n) is 17.7. The van der Waals surface area contributed by atoms with Crippen LogP contribution in [0.2, 0.25) is 0 Å². The zero-order chi connectivity index (χ0) is 22.9. The molecule has 0 atom stereocenters. The maximum Gasteiger partial charge on any atom is 0.254 e. The molecule has 0 radical (unpaired) electrons. The van der Waals surface area contributed by atoms with E-state index < -0.39 is 11.7 Å². The van der Waals surface area contributed by atoms with Crippen molar-refractivity contribution >= 4 is 11.7 Å². The number of nitrogens with two attached hydrogens (primary N) is 1. The van der Waals surface area contributed by atoms with Gasteiger partial charge in [-0.1, -0.05) is 24.8 Å². The SMILES string of the molecule is CCc1ncnc(-c2ccc(C(=O)NCCCCO)c(F)c2)c1C#Cc1ccc(N)nc1. The van der Waals surface area contributed by atoms with Crippen LogP contribution in [0.1, 0.15) is 46.9 Å². The van der Waals surface area contributed by atoms with Gasteiger partial charge in [0.2, 0.25) is 0 Å². The van der Waals surface area contributed by atoms with Crippen LogP contribution in [0.3, 0.4) is 0 Å². The van der Waals surface area contributed by atoms with E-state index >= 15 is 0 Å². The first kappa shape index (κ1) is 22.8. The van der Waals surface area contributed by atoms with Crippen LogP contribution in [-0.4, -0.2) is 39.1 Å². The summed E-state index contributed by atoms with van der Waals surface area (Å²) in [6, 6.07) is 7.78. The van der Waals surface area contributed by atoms with Crippen LogP contribution in [-0.2, 0) is 6.42 Å². The van der Waals surface area contributed by atoms with Crippen molar-refractivity contribution in [3.63, 3.8) is 0 Å². The molecule has 1 amide bonds. The number of amides is 1. The average molecular weight is 433 g/mol. The van der Waals surface area contributed by atoms with Gasteiger partial charge in [-0.2, -0.15) is 0 Å². The molecule has 0 aliphatic carbocycles. The molecule has 0 saturated heterocycles. The van der Waals surface area contributed by atoms with Gasteiger partial charge in [-0.3, -0.25) is 4.79 Å². The van der Waals surface area contributed by atoms with Crippen LogP contribution in [0.15, 0.2) is 42.9 Å². The van der Waals surface area contributed by atoms with Gasteiger partial charge in [0, 0.05) is 30.5 Å². The predicted molar refractivity (Wildman–Crippen MR) is 120 cm³/mol. The third-order valence-corrected chi connectivity index (χ3v) is 4.74. The Morgan fingerprint density at radius 3 is 2.69 bits per heavy atom. The van der Waals surface area contributed by atoms with E-state index in [9.17, 15) is 9.18 Å². The molecule has 0 saturated carbocycles. The number of aromatic nitrogens is 3. The second kappa shape index (κ2) is 11.0. The summed E-state index contributed by atoms with van der Waals surface area (Å²) in [5.74, 6) is 5.36. The van der Waals surface area contributed by atoms with E-state index in [4.69, 9.17) is 10.8 Å².